The molecule has 1 amide bonds. The Kier molecular flexibility index (Phi) is 3.74. The van der Waals surface area contributed by atoms with Gasteiger partial charge in [0.2, 0.25) is 0 Å². The molecule has 0 spiro atoms. The van der Waals surface area contributed by atoms with Gasteiger partial charge in [-0.3, -0.25) is 9.78 Å². The van der Waals surface area contributed by atoms with Gasteiger partial charge >= 0.3 is 0 Å². The molecule has 0 atom stereocenters. The van der Waals surface area contributed by atoms with Gasteiger partial charge in [-0.05, 0) is 25.0 Å². The third-order valence-corrected chi connectivity index (χ3v) is 3.39. The second kappa shape index (κ2) is 5.27. The van der Waals surface area contributed by atoms with Gasteiger partial charge in [0, 0.05) is 30.0 Å². The Hall–Kier alpha value is -1.42. The molecule has 4 heteroatoms. The Morgan fingerprint density at radius 1 is 1.29 bits per heavy atom. The Morgan fingerprint density at radius 2 is 1.94 bits per heavy atom. The molecule has 1 saturated carbocycles. The molecule has 17 heavy (non-hydrogen) atoms. The van der Waals surface area contributed by atoms with Crippen LogP contribution >= 0.6 is 0 Å². The van der Waals surface area contributed by atoms with Crippen LogP contribution in [0.2, 0.25) is 0 Å². The smallest absolute Gasteiger partial charge is 0.251 e. The monoisotopic (exact) mass is 233 g/mol. The van der Waals surface area contributed by atoms with Crippen LogP contribution in [0.4, 0.5) is 0 Å². The van der Waals surface area contributed by atoms with E-state index in [9.17, 15) is 4.79 Å². The van der Waals surface area contributed by atoms with Gasteiger partial charge in [-0.2, -0.15) is 0 Å². The van der Waals surface area contributed by atoms with E-state index < -0.39 is 0 Å². The zero-order valence-electron chi connectivity index (χ0n) is 9.98. The van der Waals surface area contributed by atoms with Gasteiger partial charge in [-0.25, -0.2) is 0 Å². The summed E-state index contributed by atoms with van der Waals surface area (Å²) in [5.74, 6) is -0.0669. The van der Waals surface area contributed by atoms with Crippen molar-refractivity contribution in [2.75, 3.05) is 6.54 Å². The van der Waals surface area contributed by atoms with Gasteiger partial charge in [-0.1, -0.05) is 19.3 Å². The maximum Gasteiger partial charge on any atom is 0.251 e. The maximum absolute atomic E-state index is 11.8. The normalized spacial score (nSPS) is 18.6. The van der Waals surface area contributed by atoms with Crippen molar-refractivity contribution >= 4 is 5.91 Å². The molecule has 1 aromatic rings. The minimum absolute atomic E-state index is 0.0669. The van der Waals surface area contributed by atoms with Crippen LogP contribution in [0, 0.1) is 0 Å². The number of hydrogen-bond donors (Lipinski definition) is 2. The number of rotatable bonds is 3. The first-order valence-electron chi connectivity index (χ1n) is 6.17. The first-order chi connectivity index (χ1) is 8.20. The lowest BCUT2D eigenvalue weighted by molar-refractivity contribution is 0.0937. The molecule has 92 valence electrons. The molecule has 3 N–H and O–H groups in total. The van der Waals surface area contributed by atoms with Crippen molar-refractivity contribution in [3.05, 3.63) is 30.1 Å². The summed E-state index contributed by atoms with van der Waals surface area (Å²) in [4.78, 5) is 15.7. The maximum atomic E-state index is 11.8. The van der Waals surface area contributed by atoms with E-state index in [-0.39, 0.29) is 11.4 Å². The minimum Gasteiger partial charge on any atom is -0.350 e. The summed E-state index contributed by atoms with van der Waals surface area (Å²) in [6.45, 7) is 0.564. The lowest BCUT2D eigenvalue weighted by atomic mass is 9.82. The largest absolute Gasteiger partial charge is 0.350 e. The summed E-state index contributed by atoms with van der Waals surface area (Å²) in [5, 5.41) is 2.92. The average Bonchev–Trinajstić information content (AvgIpc) is 2.38. The van der Waals surface area contributed by atoms with Crippen molar-refractivity contribution in [3.63, 3.8) is 0 Å². The van der Waals surface area contributed by atoms with Crippen LogP contribution < -0.4 is 11.1 Å². The molecule has 1 aliphatic rings. The van der Waals surface area contributed by atoms with E-state index in [1.807, 2.05) is 0 Å². The molecular weight excluding hydrogens is 214 g/mol. The van der Waals surface area contributed by atoms with E-state index >= 15 is 0 Å². The Balaban J connectivity index is 1.87. The molecule has 0 bridgehead atoms. The van der Waals surface area contributed by atoms with E-state index in [1.165, 1.54) is 19.3 Å². The Bertz CT molecular complexity index is 372. The molecule has 1 fully saturated rings. The van der Waals surface area contributed by atoms with Crippen molar-refractivity contribution in [1.29, 1.82) is 0 Å². The summed E-state index contributed by atoms with van der Waals surface area (Å²) in [6.07, 6.45) is 8.84. The molecule has 0 aromatic carbocycles. The fraction of sp³-hybridized carbons (Fsp3) is 0.538. The van der Waals surface area contributed by atoms with Crippen molar-refractivity contribution in [1.82, 2.24) is 10.3 Å². The van der Waals surface area contributed by atoms with Crippen LogP contribution in [0.5, 0.6) is 0 Å². The van der Waals surface area contributed by atoms with Crippen molar-refractivity contribution in [2.24, 2.45) is 5.73 Å². The van der Waals surface area contributed by atoms with Crippen molar-refractivity contribution in [2.45, 2.75) is 37.6 Å². The quantitative estimate of drug-likeness (QED) is 0.830. The first kappa shape index (κ1) is 12.0. The van der Waals surface area contributed by atoms with Gasteiger partial charge in [0.25, 0.3) is 5.91 Å². The predicted octanol–water partition coefficient (Wildman–Crippen LogP) is 1.47. The van der Waals surface area contributed by atoms with Gasteiger partial charge in [-0.15, -0.1) is 0 Å². The number of nitrogens with zero attached hydrogens (tertiary/aromatic N) is 1. The van der Waals surface area contributed by atoms with Crippen LogP contribution in [-0.4, -0.2) is 23.0 Å². The van der Waals surface area contributed by atoms with Gasteiger partial charge < -0.3 is 11.1 Å². The van der Waals surface area contributed by atoms with E-state index in [1.54, 1.807) is 24.5 Å². The molecule has 1 aliphatic carbocycles. The van der Waals surface area contributed by atoms with E-state index in [0.29, 0.717) is 12.1 Å². The second-order valence-electron chi connectivity index (χ2n) is 4.84. The minimum atomic E-state index is -0.207. The highest BCUT2D eigenvalue weighted by molar-refractivity contribution is 5.94. The lowest BCUT2D eigenvalue weighted by Crippen LogP contribution is -2.51. The molecule has 1 heterocycles. The Labute approximate surface area is 102 Å². The lowest BCUT2D eigenvalue weighted by Gasteiger charge is -2.33. The Morgan fingerprint density at radius 3 is 2.59 bits per heavy atom. The van der Waals surface area contributed by atoms with E-state index in [0.717, 1.165) is 12.8 Å². The van der Waals surface area contributed by atoms with Crippen molar-refractivity contribution in [3.8, 4) is 0 Å². The molecule has 1 aromatic heterocycles. The fourth-order valence-corrected chi connectivity index (χ4v) is 2.29. The number of hydrogen-bond acceptors (Lipinski definition) is 3. The molecule has 0 unspecified atom stereocenters. The van der Waals surface area contributed by atoms with Crippen molar-refractivity contribution < 1.29 is 4.79 Å². The molecule has 0 aliphatic heterocycles. The summed E-state index contributed by atoms with van der Waals surface area (Å²) >= 11 is 0. The van der Waals surface area contributed by atoms with Crippen LogP contribution in [0.3, 0.4) is 0 Å². The third-order valence-electron chi connectivity index (χ3n) is 3.39. The van der Waals surface area contributed by atoms with E-state index in [4.69, 9.17) is 5.73 Å². The summed E-state index contributed by atoms with van der Waals surface area (Å²) in [5.41, 5.74) is 6.69. The highest BCUT2D eigenvalue weighted by Crippen LogP contribution is 2.25. The summed E-state index contributed by atoms with van der Waals surface area (Å²) < 4.78 is 0. The number of carbonyl (C=O) groups is 1. The first-order valence-corrected chi connectivity index (χ1v) is 6.17. The SMILES string of the molecule is NC1(CNC(=O)c2ccncc2)CCCCC1. The molecule has 4 nitrogen and oxygen atoms in total. The van der Waals surface area contributed by atoms with Gasteiger partial charge in [0.1, 0.15) is 0 Å². The number of nitrogens with one attached hydrogen (secondary N) is 1. The van der Waals surface area contributed by atoms with Crippen LogP contribution in [-0.2, 0) is 0 Å². The molecular formula is C13H19N3O. The summed E-state index contributed by atoms with van der Waals surface area (Å²) in [6, 6.07) is 3.42. The highest BCUT2D eigenvalue weighted by Gasteiger charge is 2.27. The average molecular weight is 233 g/mol. The van der Waals surface area contributed by atoms with Crippen LogP contribution in [0.25, 0.3) is 0 Å². The van der Waals surface area contributed by atoms with Gasteiger partial charge in [0.05, 0.1) is 0 Å². The second-order valence-corrected chi connectivity index (χ2v) is 4.84. The number of pyridine rings is 1. The van der Waals surface area contributed by atoms with Crippen LogP contribution in [0.1, 0.15) is 42.5 Å². The topological polar surface area (TPSA) is 68.0 Å². The number of aromatic nitrogens is 1. The zero-order chi connectivity index (χ0) is 12.1. The zero-order valence-corrected chi connectivity index (χ0v) is 9.98. The van der Waals surface area contributed by atoms with Gasteiger partial charge in [0.15, 0.2) is 0 Å². The standard InChI is InChI=1S/C13H19N3O/c14-13(6-2-1-3-7-13)10-16-12(17)11-4-8-15-9-5-11/h4-5,8-9H,1-3,6-7,10,14H2,(H,16,17). The molecule has 0 saturated heterocycles. The third kappa shape index (κ3) is 3.27. The highest BCUT2D eigenvalue weighted by atomic mass is 16.1. The fourth-order valence-electron chi connectivity index (χ4n) is 2.29. The number of amides is 1. The molecule has 0 radical (unpaired) electrons. The number of nitrogens with two attached hydrogens (primary N) is 1. The predicted molar refractivity (Wildman–Crippen MR) is 66.6 cm³/mol. The molecule has 2 rings (SSSR count). The van der Waals surface area contributed by atoms with Crippen LogP contribution in [0.15, 0.2) is 24.5 Å². The summed E-state index contributed by atoms with van der Waals surface area (Å²) in [7, 11) is 0. The number of carbonyl (C=O) groups excluding carboxylic acids is 1. The van der Waals surface area contributed by atoms with E-state index in [2.05, 4.69) is 10.3 Å².